The predicted octanol–water partition coefficient (Wildman–Crippen LogP) is 5.88. The van der Waals surface area contributed by atoms with Crippen LogP contribution in [0.4, 0.5) is 15.2 Å². The monoisotopic (exact) mass is 386 g/mol. The first-order valence-corrected chi connectivity index (χ1v) is 10.0. The predicted molar refractivity (Wildman–Crippen MR) is 107 cm³/mol. The fraction of sp³-hybridized carbons (Fsp3) is 0.200. The zero-order valence-electron chi connectivity index (χ0n) is 14.8. The van der Waals surface area contributed by atoms with Gasteiger partial charge in [-0.1, -0.05) is 30.3 Å². The number of carbonyl (C=O) groups is 1. The van der Waals surface area contributed by atoms with Gasteiger partial charge in [-0.3, -0.25) is 9.69 Å². The van der Waals surface area contributed by atoms with E-state index in [-0.39, 0.29) is 11.7 Å². The molecule has 0 unspecified atom stereocenters. The van der Waals surface area contributed by atoms with Gasteiger partial charge < -0.3 is 0 Å². The van der Waals surface area contributed by atoms with Crippen LogP contribution in [0.15, 0.2) is 52.7 Å². The number of rotatable bonds is 5. The third-order valence-corrected chi connectivity index (χ3v) is 5.88. The molecule has 26 heavy (non-hydrogen) atoms. The summed E-state index contributed by atoms with van der Waals surface area (Å²) in [7, 11) is 0. The molecular weight excluding hydrogens is 367 g/mol. The molecule has 0 aliphatic heterocycles. The maximum Gasteiger partial charge on any atom is 0.230 e. The number of carbonyl (C=O) groups excluding carboxylic acids is 1. The van der Waals surface area contributed by atoms with Crippen LogP contribution in [0.2, 0.25) is 0 Å². The summed E-state index contributed by atoms with van der Waals surface area (Å²) in [5, 5.41) is 2.56. The van der Waals surface area contributed by atoms with E-state index in [9.17, 15) is 9.18 Å². The smallest absolute Gasteiger partial charge is 0.230 e. The lowest BCUT2D eigenvalue weighted by molar-refractivity contribution is -0.115. The minimum absolute atomic E-state index is 0.0787. The maximum absolute atomic E-state index is 13.8. The van der Waals surface area contributed by atoms with Gasteiger partial charge in [0.25, 0.3) is 0 Å². The summed E-state index contributed by atoms with van der Waals surface area (Å²) in [6.07, 6.45) is 0. The van der Waals surface area contributed by atoms with Crippen LogP contribution in [0.3, 0.4) is 0 Å². The van der Waals surface area contributed by atoms with Crippen molar-refractivity contribution in [1.29, 1.82) is 0 Å². The van der Waals surface area contributed by atoms with Gasteiger partial charge in [-0.2, -0.15) is 0 Å². The molecular formula is C20H19FN2OS2. The molecule has 3 aromatic rings. The molecule has 0 aliphatic carbocycles. The average molecular weight is 387 g/mol. The summed E-state index contributed by atoms with van der Waals surface area (Å²) in [5.74, 6) is 0.245. The molecule has 0 N–H and O–H groups in total. The number of anilines is 2. The number of amides is 1. The fourth-order valence-corrected chi connectivity index (χ4v) is 4.54. The summed E-state index contributed by atoms with van der Waals surface area (Å²) in [6, 6.07) is 12.7. The molecule has 3 rings (SSSR count). The van der Waals surface area contributed by atoms with Crippen molar-refractivity contribution in [3.63, 3.8) is 0 Å². The van der Waals surface area contributed by atoms with Crippen LogP contribution in [0.1, 0.15) is 23.7 Å². The van der Waals surface area contributed by atoms with Crippen molar-refractivity contribution in [2.75, 3.05) is 4.90 Å². The average Bonchev–Trinajstić information content (AvgIpc) is 3.05. The van der Waals surface area contributed by atoms with Crippen molar-refractivity contribution >= 4 is 39.8 Å². The maximum atomic E-state index is 13.8. The Balaban J connectivity index is 1.85. The fourth-order valence-electron chi connectivity index (χ4n) is 2.72. The number of thiazole rings is 1. The summed E-state index contributed by atoms with van der Waals surface area (Å²) in [5.41, 5.74) is 3.76. The second-order valence-corrected chi connectivity index (χ2v) is 7.79. The van der Waals surface area contributed by atoms with Crippen LogP contribution in [-0.2, 0) is 10.5 Å². The van der Waals surface area contributed by atoms with Crippen molar-refractivity contribution in [2.45, 2.75) is 31.4 Å². The Kier molecular flexibility index (Phi) is 5.74. The van der Waals surface area contributed by atoms with E-state index in [0.29, 0.717) is 15.8 Å². The van der Waals surface area contributed by atoms with Gasteiger partial charge in [0, 0.05) is 23.0 Å². The molecule has 0 aliphatic rings. The van der Waals surface area contributed by atoms with Crippen molar-refractivity contribution in [3.05, 3.63) is 70.5 Å². The van der Waals surface area contributed by atoms with Crippen molar-refractivity contribution in [2.24, 2.45) is 0 Å². The first-order chi connectivity index (χ1) is 12.5. The standard InChI is InChI=1S/C20H19FN2OS2/c1-13-7-6-8-14(2)19(13)23(15(3)24)20-22-16(12-26-20)11-25-18-10-5-4-9-17(18)21/h4-10,12H,11H2,1-3H3. The molecule has 1 amide bonds. The molecule has 0 saturated carbocycles. The van der Waals surface area contributed by atoms with Gasteiger partial charge in [-0.15, -0.1) is 23.1 Å². The van der Waals surface area contributed by atoms with Gasteiger partial charge in [-0.25, -0.2) is 9.37 Å². The highest BCUT2D eigenvalue weighted by atomic mass is 32.2. The number of halogens is 1. The molecule has 0 saturated heterocycles. The van der Waals surface area contributed by atoms with Crippen molar-refractivity contribution in [3.8, 4) is 0 Å². The summed E-state index contributed by atoms with van der Waals surface area (Å²) < 4.78 is 13.8. The van der Waals surface area contributed by atoms with Crippen LogP contribution in [0.5, 0.6) is 0 Å². The van der Waals surface area contributed by atoms with E-state index in [0.717, 1.165) is 22.5 Å². The SMILES string of the molecule is CC(=O)N(c1nc(CSc2ccccc2F)cs1)c1c(C)cccc1C. The first-order valence-electron chi connectivity index (χ1n) is 8.16. The summed E-state index contributed by atoms with van der Waals surface area (Å²) >= 11 is 2.83. The molecule has 0 atom stereocenters. The lowest BCUT2D eigenvalue weighted by Gasteiger charge is -2.22. The Morgan fingerprint density at radius 1 is 1.15 bits per heavy atom. The van der Waals surface area contributed by atoms with E-state index in [1.165, 1.54) is 29.2 Å². The number of hydrogen-bond acceptors (Lipinski definition) is 4. The van der Waals surface area contributed by atoms with Crippen molar-refractivity contribution < 1.29 is 9.18 Å². The third kappa shape index (κ3) is 3.97. The number of thioether (sulfide) groups is 1. The van der Waals surface area contributed by atoms with Gasteiger partial charge in [0.15, 0.2) is 5.13 Å². The third-order valence-electron chi connectivity index (χ3n) is 3.92. The van der Waals surface area contributed by atoms with Gasteiger partial charge in [0.05, 0.1) is 11.4 Å². The molecule has 0 bridgehead atoms. The lowest BCUT2D eigenvalue weighted by Crippen LogP contribution is -2.24. The molecule has 0 radical (unpaired) electrons. The van der Waals surface area contributed by atoms with Gasteiger partial charge in [0.2, 0.25) is 5.91 Å². The normalized spacial score (nSPS) is 10.8. The highest BCUT2D eigenvalue weighted by Crippen LogP contribution is 2.35. The van der Waals surface area contributed by atoms with E-state index >= 15 is 0 Å². The first kappa shape index (κ1) is 18.6. The molecule has 6 heteroatoms. The Hall–Kier alpha value is -2.18. The van der Waals surface area contributed by atoms with Crippen molar-refractivity contribution in [1.82, 2.24) is 4.98 Å². The van der Waals surface area contributed by atoms with Crippen LogP contribution in [-0.4, -0.2) is 10.9 Å². The lowest BCUT2D eigenvalue weighted by atomic mass is 10.1. The molecule has 3 nitrogen and oxygen atoms in total. The molecule has 0 fully saturated rings. The summed E-state index contributed by atoms with van der Waals surface area (Å²) in [4.78, 5) is 19.2. The highest BCUT2D eigenvalue weighted by molar-refractivity contribution is 7.98. The van der Waals surface area contributed by atoms with Crippen LogP contribution < -0.4 is 4.90 Å². The Morgan fingerprint density at radius 2 is 1.85 bits per heavy atom. The van der Waals surface area contributed by atoms with Gasteiger partial charge in [-0.05, 0) is 37.1 Å². The molecule has 2 aromatic carbocycles. The van der Waals surface area contributed by atoms with E-state index in [1.807, 2.05) is 43.5 Å². The van der Waals surface area contributed by atoms with Gasteiger partial charge in [0.1, 0.15) is 5.82 Å². The topological polar surface area (TPSA) is 33.2 Å². The Labute approximate surface area is 160 Å². The molecule has 134 valence electrons. The Morgan fingerprint density at radius 3 is 2.50 bits per heavy atom. The van der Waals surface area contributed by atoms with E-state index in [2.05, 4.69) is 4.98 Å². The second kappa shape index (κ2) is 8.01. The number of hydrogen-bond donors (Lipinski definition) is 0. The number of aryl methyl sites for hydroxylation is 2. The minimum atomic E-state index is -0.228. The van der Waals surface area contributed by atoms with Crippen LogP contribution in [0.25, 0.3) is 0 Å². The number of para-hydroxylation sites is 1. The van der Waals surface area contributed by atoms with E-state index in [1.54, 1.807) is 24.0 Å². The van der Waals surface area contributed by atoms with E-state index in [4.69, 9.17) is 0 Å². The second-order valence-electron chi connectivity index (χ2n) is 5.94. The quantitative estimate of drug-likeness (QED) is 0.514. The molecule has 1 aromatic heterocycles. The number of nitrogens with zero attached hydrogens (tertiary/aromatic N) is 2. The highest BCUT2D eigenvalue weighted by Gasteiger charge is 2.21. The van der Waals surface area contributed by atoms with Gasteiger partial charge >= 0.3 is 0 Å². The van der Waals surface area contributed by atoms with E-state index < -0.39 is 0 Å². The molecule has 0 spiro atoms. The zero-order chi connectivity index (χ0) is 18.7. The Bertz CT molecular complexity index is 919. The van der Waals surface area contributed by atoms with Crippen LogP contribution >= 0.6 is 23.1 Å². The summed E-state index contributed by atoms with van der Waals surface area (Å²) in [6.45, 7) is 5.52. The zero-order valence-corrected chi connectivity index (χ0v) is 16.5. The largest absolute Gasteiger partial charge is 0.274 e. The minimum Gasteiger partial charge on any atom is -0.274 e. The van der Waals surface area contributed by atoms with Crippen LogP contribution in [0, 0.1) is 19.7 Å². The number of aromatic nitrogens is 1. The number of benzene rings is 2. The molecule has 1 heterocycles.